The van der Waals surface area contributed by atoms with Crippen LogP contribution >= 0.6 is 0 Å². The number of rotatable bonds is 8. The summed E-state index contributed by atoms with van der Waals surface area (Å²) in [7, 11) is 5.64. The van der Waals surface area contributed by atoms with Crippen molar-refractivity contribution in [2.24, 2.45) is 0 Å². The minimum absolute atomic E-state index is 0.0625. The number of likely N-dealkylation sites (N-methyl/N-ethyl adjacent to an activating group) is 1. The maximum Gasteiger partial charge on any atom is 0.270 e. The van der Waals surface area contributed by atoms with Crippen LogP contribution in [0.5, 0.6) is 5.75 Å². The molecule has 0 fully saturated rings. The van der Waals surface area contributed by atoms with Crippen molar-refractivity contribution < 1.29 is 9.53 Å². The number of ether oxygens (including phenoxy) is 1. The molecule has 31 heavy (non-hydrogen) atoms. The molecule has 0 aliphatic heterocycles. The second kappa shape index (κ2) is 9.01. The molecule has 8 nitrogen and oxygen atoms in total. The van der Waals surface area contributed by atoms with Gasteiger partial charge in [0.05, 0.1) is 19.0 Å². The van der Waals surface area contributed by atoms with Crippen molar-refractivity contribution >= 4 is 16.9 Å². The van der Waals surface area contributed by atoms with Crippen LogP contribution in [0, 0.1) is 0 Å². The molecule has 0 bridgehead atoms. The van der Waals surface area contributed by atoms with Gasteiger partial charge in [0.2, 0.25) is 0 Å². The van der Waals surface area contributed by atoms with Gasteiger partial charge in [-0.25, -0.2) is 4.98 Å². The predicted molar refractivity (Wildman–Crippen MR) is 120 cm³/mol. The zero-order chi connectivity index (χ0) is 21.8. The highest BCUT2D eigenvalue weighted by atomic mass is 16.5. The van der Waals surface area contributed by atoms with Crippen molar-refractivity contribution in [3.05, 3.63) is 66.1 Å². The Morgan fingerprint density at radius 1 is 1.13 bits per heavy atom. The number of nitrogens with one attached hydrogen (secondary N) is 2. The molecule has 1 aromatic carbocycles. The summed E-state index contributed by atoms with van der Waals surface area (Å²) in [5.74, 6) is 0.714. The third kappa shape index (κ3) is 4.75. The highest BCUT2D eigenvalue weighted by Gasteiger charge is 2.19. The molecule has 0 radical (unpaired) electrons. The number of H-pyrrole nitrogens is 2. The lowest BCUT2D eigenvalue weighted by atomic mass is 10.2. The molecule has 0 saturated heterocycles. The van der Waals surface area contributed by atoms with E-state index in [-0.39, 0.29) is 5.91 Å². The number of pyridine rings is 1. The third-order valence-corrected chi connectivity index (χ3v) is 5.12. The average Bonchev–Trinajstić information content (AvgIpc) is 3.45. The number of amides is 1. The smallest absolute Gasteiger partial charge is 0.270 e. The first-order valence-corrected chi connectivity index (χ1v) is 10.1. The molecule has 1 amide bonds. The summed E-state index contributed by atoms with van der Waals surface area (Å²) in [6.45, 7) is 1.86. The summed E-state index contributed by atoms with van der Waals surface area (Å²) in [6.07, 6.45) is 3.51. The van der Waals surface area contributed by atoms with Crippen LogP contribution in [-0.4, -0.2) is 70.2 Å². The fraction of sp³-hybridized carbons (Fsp3) is 0.261. The Kier molecular flexibility index (Phi) is 5.99. The number of hydrogen-bond donors (Lipinski definition) is 2. The van der Waals surface area contributed by atoms with Crippen LogP contribution in [0.4, 0.5) is 0 Å². The topological polar surface area (TPSA) is 90.1 Å². The number of aromatic amines is 2. The largest absolute Gasteiger partial charge is 0.497 e. The standard InChI is InChI=1S/C23H26N6O2/c1-28(2)9-10-29(15-16-5-4-6-19(11-16)31-3)23(30)21-12-17-7-8-20(26-22(17)27-21)18-13-24-25-14-18/h4-8,11-14H,9-10,15H2,1-3H3,(H,24,25)(H,26,27). The van der Waals surface area contributed by atoms with E-state index in [1.165, 1.54) is 0 Å². The van der Waals surface area contributed by atoms with Crippen molar-refractivity contribution in [1.29, 1.82) is 0 Å². The molecule has 2 N–H and O–H groups in total. The minimum atomic E-state index is -0.0625. The average molecular weight is 419 g/mol. The molecule has 3 heterocycles. The zero-order valence-corrected chi connectivity index (χ0v) is 17.9. The molecule has 0 saturated carbocycles. The summed E-state index contributed by atoms with van der Waals surface area (Å²) < 4.78 is 5.33. The maximum absolute atomic E-state index is 13.4. The second-order valence-corrected chi connectivity index (χ2v) is 7.69. The highest BCUT2D eigenvalue weighted by Crippen LogP contribution is 2.22. The molecule has 8 heteroatoms. The molecule has 4 rings (SSSR count). The van der Waals surface area contributed by atoms with Gasteiger partial charge in [-0.05, 0) is 50.0 Å². The summed E-state index contributed by atoms with van der Waals surface area (Å²) >= 11 is 0. The summed E-state index contributed by atoms with van der Waals surface area (Å²) in [5, 5.41) is 7.66. The lowest BCUT2D eigenvalue weighted by Gasteiger charge is -2.24. The minimum Gasteiger partial charge on any atom is -0.497 e. The maximum atomic E-state index is 13.4. The van der Waals surface area contributed by atoms with E-state index >= 15 is 0 Å². The molecule has 0 spiro atoms. The number of carbonyl (C=O) groups excluding carboxylic acids is 1. The summed E-state index contributed by atoms with van der Waals surface area (Å²) in [6, 6.07) is 13.5. The molecule has 3 aromatic heterocycles. The van der Waals surface area contributed by atoms with Crippen molar-refractivity contribution in [3.63, 3.8) is 0 Å². The monoisotopic (exact) mass is 418 g/mol. The van der Waals surface area contributed by atoms with Gasteiger partial charge in [-0.15, -0.1) is 0 Å². The van der Waals surface area contributed by atoms with E-state index in [9.17, 15) is 4.79 Å². The van der Waals surface area contributed by atoms with E-state index in [1.807, 2.05) is 61.5 Å². The van der Waals surface area contributed by atoms with Gasteiger partial charge in [0.15, 0.2) is 0 Å². The number of hydrogen-bond acceptors (Lipinski definition) is 5. The van der Waals surface area contributed by atoms with Crippen LogP contribution in [0.2, 0.25) is 0 Å². The van der Waals surface area contributed by atoms with Crippen molar-refractivity contribution in [2.75, 3.05) is 34.3 Å². The van der Waals surface area contributed by atoms with E-state index in [4.69, 9.17) is 4.74 Å². The van der Waals surface area contributed by atoms with Gasteiger partial charge >= 0.3 is 0 Å². The van der Waals surface area contributed by atoms with Crippen molar-refractivity contribution in [3.8, 4) is 17.0 Å². The Morgan fingerprint density at radius 3 is 2.74 bits per heavy atom. The van der Waals surface area contributed by atoms with Crippen LogP contribution in [0.1, 0.15) is 16.1 Å². The molecule has 0 atom stereocenters. The number of aromatic nitrogens is 4. The van der Waals surface area contributed by atoms with Crippen LogP contribution < -0.4 is 4.74 Å². The normalized spacial score (nSPS) is 11.2. The van der Waals surface area contributed by atoms with Crippen LogP contribution in [0.3, 0.4) is 0 Å². The number of benzene rings is 1. The molecule has 0 aliphatic rings. The predicted octanol–water partition coefficient (Wildman–Crippen LogP) is 3.17. The van der Waals surface area contributed by atoms with Gasteiger partial charge < -0.3 is 19.5 Å². The zero-order valence-electron chi connectivity index (χ0n) is 17.9. The van der Waals surface area contributed by atoms with Gasteiger partial charge in [-0.2, -0.15) is 5.10 Å². The lowest BCUT2D eigenvalue weighted by Crippen LogP contribution is -2.36. The Morgan fingerprint density at radius 2 is 2.00 bits per heavy atom. The van der Waals surface area contributed by atoms with E-state index in [2.05, 4.69) is 25.1 Å². The number of carbonyl (C=O) groups is 1. The Bertz CT molecular complexity index is 1170. The van der Waals surface area contributed by atoms with Gasteiger partial charge in [-0.3, -0.25) is 9.89 Å². The van der Waals surface area contributed by atoms with E-state index in [1.54, 1.807) is 19.5 Å². The van der Waals surface area contributed by atoms with Gasteiger partial charge in [0.25, 0.3) is 5.91 Å². The fourth-order valence-electron chi connectivity index (χ4n) is 3.41. The Labute approximate surface area is 180 Å². The van der Waals surface area contributed by atoms with Crippen LogP contribution in [-0.2, 0) is 6.54 Å². The van der Waals surface area contributed by atoms with E-state index in [0.29, 0.717) is 24.4 Å². The second-order valence-electron chi connectivity index (χ2n) is 7.69. The van der Waals surface area contributed by atoms with E-state index in [0.717, 1.165) is 34.5 Å². The lowest BCUT2D eigenvalue weighted by molar-refractivity contribution is 0.0727. The Hall–Kier alpha value is -3.65. The first-order valence-electron chi connectivity index (χ1n) is 10.1. The first kappa shape index (κ1) is 20.6. The van der Waals surface area contributed by atoms with Crippen molar-refractivity contribution in [2.45, 2.75) is 6.54 Å². The van der Waals surface area contributed by atoms with Gasteiger partial charge in [-0.1, -0.05) is 12.1 Å². The molecule has 0 aliphatic carbocycles. The van der Waals surface area contributed by atoms with Gasteiger partial charge in [0.1, 0.15) is 17.1 Å². The number of nitrogens with zero attached hydrogens (tertiary/aromatic N) is 4. The molecular formula is C23H26N6O2. The molecule has 0 unspecified atom stereocenters. The first-order chi connectivity index (χ1) is 15.0. The van der Waals surface area contributed by atoms with Gasteiger partial charge in [0, 0.05) is 36.8 Å². The highest BCUT2D eigenvalue weighted by molar-refractivity contribution is 5.97. The molecular weight excluding hydrogens is 392 g/mol. The SMILES string of the molecule is COc1cccc(CN(CCN(C)C)C(=O)c2cc3ccc(-c4cn[nH]c4)nc3[nH]2)c1. The molecule has 160 valence electrons. The fourth-order valence-corrected chi connectivity index (χ4v) is 3.41. The Balaban J connectivity index is 1.61. The van der Waals surface area contributed by atoms with Crippen LogP contribution in [0.25, 0.3) is 22.3 Å². The summed E-state index contributed by atoms with van der Waals surface area (Å²) in [4.78, 5) is 25.2. The number of methoxy groups -OCH3 is 1. The quantitative estimate of drug-likeness (QED) is 0.459. The summed E-state index contributed by atoms with van der Waals surface area (Å²) in [5.41, 5.74) is 3.91. The third-order valence-electron chi connectivity index (χ3n) is 5.12. The van der Waals surface area contributed by atoms with Crippen LogP contribution in [0.15, 0.2) is 54.9 Å². The molecule has 4 aromatic rings. The van der Waals surface area contributed by atoms with E-state index < -0.39 is 0 Å². The van der Waals surface area contributed by atoms with Crippen molar-refractivity contribution in [1.82, 2.24) is 30.0 Å². The number of fused-ring (bicyclic) bond motifs is 1.